The van der Waals surface area contributed by atoms with E-state index < -0.39 is 0 Å². The monoisotopic (exact) mass is 235 g/mol. The first-order valence-electron chi connectivity index (χ1n) is 5.30. The van der Waals surface area contributed by atoms with Crippen molar-refractivity contribution in [3.05, 3.63) is 35.8 Å². The molecule has 0 fully saturated rings. The van der Waals surface area contributed by atoms with Crippen molar-refractivity contribution in [1.82, 2.24) is 15.2 Å². The highest BCUT2D eigenvalue weighted by molar-refractivity contribution is 5.69. The van der Waals surface area contributed by atoms with Crippen LogP contribution in [-0.2, 0) is 22.6 Å². The lowest BCUT2D eigenvalue weighted by Gasteiger charge is -2.00. The molecule has 1 N–H and O–H groups in total. The Hall–Kier alpha value is -2.11. The molecule has 0 radical (unpaired) electrons. The number of esters is 1. The van der Waals surface area contributed by atoms with Gasteiger partial charge in [-0.05, 0) is 19.1 Å². The average molecular weight is 235 g/mol. The number of aromatic amines is 1. The van der Waals surface area contributed by atoms with E-state index in [1.165, 1.54) is 0 Å². The Labute approximate surface area is 98.0 Å². The van der Waals surface area contributed by atoms with Crippen LogP contribution in [0.1, 0.15) is 23.8 Å². The Morgan fingerprint density at radius 1 is 1.59 bits per heavy atom. The van der Waals surface area contributed by atoms with E-state index in [-0.39, 0.29) is 19.0 Å². The summed E-state index contributed by atoms with van der Waals surface area (Å²) in [5, 5.41) is 6.55. The molecule has 6 nitrogen and oxygen atoms in total. The maximum absolute atomic E-state index is 11.4. The Morgan fingerprint density at radius 3 is 3.12 bits per heavy atom. The summed E-state index contributed by atoms with van der Waals surface area (Å²) in [5.74, 6) is 1.67. The van der Waals surface area contributed by atoms with Crippen LogP contribution in [0.15, 0.2) is 22.8 Å². The van der Waals surface area contributed by atoms with Crippen LogP contribution in [0.4, 0.5) is 0 Å². The van der Waals surface area contributed by atoms with Crippen molar-refractivity contribution in [2.24, 2.45) is 0 Å². The second kappa shape index (κ2) is 5.29. The number of ether oxygens (including phenoxy) is 1. The highest BCUT2D eigenvalue weighted by Crippen LogP contribution is 2.05. The molecule has 0 amide bonds. The number of carbonyl (C=O) groups is 1. The van der Waals surface area contributed by atoms with Crippen molar-refractivity contribution in [2.75, 3.05) is 0 Å². The van der Waals surface area contributed by atoms with E-state index in [2.05, 4.69) is 15.2 Å². The largest absolute Gasteiger partial charge is 0.469 e. The minimum atomic E-state index is -0.288. The molecule has 0 spiro atoms. The minimum Gasteiger partial charge on any atom is -0.469 e. The minimum absolute atomic E-state index is 0.0985. The van der Waals surface area contributed by atoms with Crippen molar-refractivity contribution in [2.45, 2.75) is 26.4 Å². The third-order valence-electron chi connectivity index (χ3n) is 2.16. The molecule has 0 saturated carbocycles. The van der Waals surface area contributed by atoms with Crippen molar-refractivity contribution >= 4 is 5.97 Å². The van der Waals surface area contributed by atoms with Gasteiger partial charge in [0.05, 0.1) is 12.7 Å². The van der Waals surface area contributed by atoms with Crippen molar-refractivity contribution < 1.29 is 13.9 Å². The van der Waals surface area contributed by atoms with Gasteiger partial charge in [0.1, 0.15) is 11.6 Å². The Morgan fingerprint density at radius 2 is 2.47 bits per heavy atom. The topological polar surface area (TPSA) is 81.0 Å². The second-order valence-corrected chi connectivity index (χ2v) is 3.58. The molecule has 0 unspecified atom stereocenters. The van der Waals surface area contributed by atoms with Crippen LogP contribution in [0.5, 0.6) is 0 Å². The van der Waals surface area contributed by atoms with Crippen LogP contribution in [0, 0.1) is 6.92 Å². The number of H-pyrrole nitrogens is 1. The zero-order chi connectivity index (χ0) is 12.1. The van der Waals surface area contributed by atoms with Crippen LogP contribution in [0.25, 0.3) is 0 Å². The van der Waals surface area contributed by atoms with Gasteiger partial charge < -0.3 is 9.15 Å². The van der Waals surface area contributed by atoms with E-state index >= 15 is 0 Å². The van der Waals surface area contributed by atoms with E-state index in [9.17, 15) is 4.79 Å². The first kappa shape index (κ1) is 11.4. The number of nitrogens with one attached hydrogen (secondary N) is 1. The summed E-state index contributed by atoms with van der Waals surface area (Å²) in [5.41, 5.74) is 0. The molecule has 0 atom stereocenters. The predicted molar refractivity (Wildman–Crippen MR) is 57.9 cm³/mol. The Balaban J connectivity index is 1.71. The van der Waals surface area contributed by atoms with Gasteiger partial charge in [0.15, 0.2) is 12.4 Å². The van der Waals surface area contributed by atoms with Crippen LogP contribution in [-0.4, -0.2) is 21.2 Å². The zero-order valence-corrected chi connectivity index (χ0v) is 9.47. The molecule has 6 heteroatoms. The quantitative estimate of drug-likeness (QED) is 0.792. The summed E-state index contributed by atoms with van der Waals surface area (Å²) >= 11 is 0. The SMILES string of the molecule is Cc1nc(COC(=O)CCc2ccco2)n[nH]1. The van der Waals surface area contributed by atoms with Gasteiger partial charge in [-0.3, -0.25) is 9.89 Å². The fraction of sp³-hybridized carbons (Fsp3) is 0.364. The predicted octanol–water partition coefficient (Wildman–Crippen LogP) is 1.38. The fourth-order valence-corrected chi connectivity index (χ4v) is 1.35. The molecule has 2 aromatic heterocycles. The van der Waals surface area contributed by atoms with Crippen LogP contribution >= 0.6 is 0 Å². The number of rotatable bonds is 5. The van der Waals surface area contributed by atoms with E-state index in [1.54, 1.807) is 19.3 Å². The van der Waals surface area contributed by atoms with Gasteiger partial charge in [-0.2, -0.15) is 5.10 Å². The summed E-state index contributed by atoms with van der Waals surface area (Å²) in [6.45, 7) is 1.89. The molecule has 0 aliphatic heterocycles. The van der Waals surface area contributed by atoms with Crippen LogP contribution < -0.4 is 0 Å². The van der Waals surface area contributed by atoms with Gasteiger partial charge in [0, 0.05) is 6.42 Å². The summed E-state index contributed by atoms with van der Waals surface area (Å²) in [6, 6.07) is 3.61. The number of hydrogen-bond acceptors (Lipinski definition) is 5. The molecule has 0 aliphatic rings. The van der Waals surface area contributed by atoms with Gasteiger partial charge in [0.25, 0.3) is 0 Å². The molecule has 90 valence electrons. The highest BCUT2D eigenvalue weighted by Gasteiger charge is 2.07. The molecular weight excluding hydrogens is 222 g/mol. The lowest BCUT2D eigenvalue weighted by molar-refractivity contribution is -0.145. The first-order valence-corrected chi connectivity index (χ1v) is 5.30. The number of aryl methyl sites for hydroxylation is 2. The summed E-state index contributed by atoms with van der Waals surface area (Å²) in [7, 11) is 0. The molecule has 17 heavy (non-hydrogen) atoms. The summed E-state index contributed by atoms with van der Waals surface area (Å²) in [4.78, 5) is 15.4. The molecule has 0 bridgehead atoms. The van der Waals surface area contributed by atoms with Gasteiger partial charge in [0.2, 0.25) is 0 Å². The molecule has 0 saturated heterocycles. The third-order valence-corrected chi connectivity index (χ3v) is 2.16. The molecular formula is C11H13N3O3. The van der Waals surface area contributed by atoms with Crippen LogP contribution in [0.2, 0.25) is 0 Å². The smallest absolute Gasteiger partial charge is 0.306 e. The van der Waals surface area contributed by atoms with E-state index in [0.717, 1.165) is 5.76 Å². The maximum Gasteiger partial charge on any atom is 0.306 e. The van der Waals surface area contributed by atoms with Crippen molar-refractivity contribution in [3.63, 3.8) is 0 Å². The maximum atomic E-state index is 11.4. The number of nitrogens with zero attached hydrogens (tertiary/aromatic N) is 2. The summed E-state index contributed by atoms with van der Waals surface area (Å²) in [6.07, 6.45) is 2.41. The van der Waals surface area contributed by atoms with Gasteiger partial charge in [-0.1, -0.05) is 0 Å². The number of aromatic nitrogens is 3. The number of hydrogen-bond donors (Lipinski definition) is 1. The first-order chi connectivity index (χ1) is 8.24. The van der Waals surface area contributed by atoms with Gasteiger partial charge >= 0.3 is 5.97 Å². The lowest BCUT2D eigenvalue weighted by atomic mass is 10.2. The zero-order valence-electron chi connectivity index (χ0n) is 9.47. The standard InChI is InChI=1S/C11H13N3O3/c1-8-12-10(14-13-8)7-17-11(15)5-4-9-3-2-6-16-9/h2-3,6H,4-5,7H2,1H3,(H,12,13,14). The van der Waals surface area contributed by atoms with E-state index in [4.69, 9.17) is 9.15 Å². The molecule has 0 aliphatic carbocycles. The van der Waals surface area contributed by atoms with Crippen molar-refractivity contribution in [3.8, 4) is 0 Å². The number of furan rings is 1. The van der Waals surface area contributed by atoms with Gasteiger partial charge in [-0.25, -0.2) is 4.98 Å². The Bertz CT molecular complexity index is 476. The molecule has 2 rings (SSSR count). The Kier molecular flexibility index (Phi) is 3.54. The van der Waals surface area contributed by atoms with Crippen LogP contribution in [0.3, 0.4) is 0 Å². The van der Waals surface area contributed by atoms with Gasteiger partial charge in [-0.15, -0.1) is 0 Å². The average Bonchev–Trinajstić information content (AvgIpc) is 2.95. The lowest BCUT2D eigenvalue weighted by Crippen LogP contribution is -2.06. The third kappa shape index (κ3) is 3.44. The van der Waals surface area contributed by atoms with E-state index in [1.807, 2.05) is 6.07 Å². The second-order valence-electron chi connectivity index (χ2n) is 3.58. The summed E-state index contributed by atoms with van der Waals surface area (Å²) < 4.78 is 10.1. The van der Waals surface area contributed by atoms with Crippen molar-refractivity contribution in [1.29, 1.82) is 0 Å². The molecule has 0 aromatic carbocycles. The fourth-order valence-electron chi connectivity index (χ4n) is 1.35. The van der Waals surface area contributed by atoms with E-state index in [0.29, 0.717) is 18.1 Å². The molecule has 2 heterocycles. The molecule has 2 aromatic rings. The normalized spacial score (nSPS) is 10.4. The number of carbonyl (C=O) groups excluding carboxylic acids is 1. The highest BCUT2D eigenvalue weighted by atomic mass is 16.5.